The Hall–Kier alpha value is -3.33. The van der Waals surface area contributed by atoms with Crippen LogP contribution in [0.3, 0.4) is 0 Å². The zero-order valence-corrected chi connectivity index (χ0v) is 13.9. The summed E-state index contributed by atoms with van der Waals surface area (Å²) in [6, 6.07) is 11.0. The van der Waals surface area contributed by atoms with Gasteiger partial charge in [-0.3, -0.25) is 4.79 Å². The van der Waals surface area contributed by atoms with Gasteiger partial charge < -0.3 is 11.1 Å². The SMILES string of the molecule is NC(=O)c1nn(-c2c(F)cccc2F)cc1Nc1nc2ccccc2s1. The largest absolute Gasteiger partial charge is 0.364 e. The lowest BCUT2D eigenvalue weighted by Crippen LogP contribution is -2.14. The lowest BCUT2D eigenvalue weighted by atomic mass is 10.3. The molecule has 26 heavy (non-hydrogen) atoms. The molecule has 0 atom stereocenters. The van der Waals surface area contributed by atoms with E-state index in [1.165, 1.54) is 23.6 Å². The van der Waals surface area contributed by atoms with Gasteiger partial charge in [-0.2, -0.15) is 5.10 Å². The number of amides is 1. The Morgan fingerprint density at radius 1 is 1.12 bits per heavy atom. The highest BCUT2D eigenvalue weighted by atomic mass is 32.1. The molecule has 3 N–H and O–H groups in total. The minimum Gasteiger partial charge on any atom is -0.364 e. The summed E-state index contributed by atoms with van der Waals surface area (Å²) in [5.74, 6) is -2.45. The van der Waals surface area contributed by atoms with Crippen LogP contribution in [0.1, 0.15) is 10.5 Å². The Balaban J connectivity index is 1.78. The molecule has 2 aromatic carbocycles. The first kappa shape index (κ1) is 16.2. The second-order valence-electron chi connectivity index (χ2n) is 5.38. The molecule has 6 nitrogen and oxygen atoms in total. The Morgan fingerprint density at radius 2 is 1.85 bits per heavy atom. The number of hydrogen-bond acceptors (Lipinski definition) is 5. The van der Waals surface area contributed by atoms with Crippen LogP contribution in [0.2, 0.25) is 0 Å². The monoisotopic (exact) mass is 371 g/mol. The van der Waals surface area contributed by atoms with Gasteiger partial charge in [-0.25, -0.2) is 18.4 Å². The summed E-state index contributed by atoms with van der Waals surface area (Å²) in [5, 5.41) is 7.38. The maximum atomic E-state index is 14.0. The van der Waals surface area contributed by atoms with Crippen LogP contribution in [0.25, 0.3) is 15.9 Å². The zero-order chi connectivity index (χ0) is 18.3. The van der Waals surface area contributed by atoms with Crippen LogP contribution >= 0.6 is 11.3 Å². The number of nitrogens with two attached hydrogens (primary N) is 1. The number of primary amides is 1. The van der Waals surface area contributed by atoms with Gasteiger partial charge in [0.25, 0.3) is 5.91 Å². The van der Waals surface area contributed by atoms with Crippen LogP contribution in [0.15, 0.2) is 48.7 Å². The standard InChI is InChI=1S/C17H11F2N5OS/c18-9-4-3-5-10(19)15(9)24-8-12(14(23-24)16(20)25)22-17-21-11-6-1-2-7-13(11)26-17/h1-8H,(H2,20,25)(H,21,22). The van der Waals surface area contributed by atoms with E-state index in [9.17, 15) is 13.6 Å². The number of fused-ring (bicyclic) bond motifs is 1. The van der Waals surface area contributed by atoms with Crippen LogP contribution in [0.5, 0.6) is 0 Å². The number of rotatable bonds is 4. The molecule has 2 heterocycles. The van der Waals surface area contributed by atoms with Crippen molar-refractivity contribution in [2.75, 3.05) is 5.32 Å². The second kappa shape index (κ2) is 6.19. The molecule has 0 aliphatic rings. The number of nitrogens with zero attached hydrogens (tertiary/aromatic N) is 3. The molecule has 0 radical (unpaired) electrons. The van der Waals surface area contributed by atoms with Gasteiger partial charge in [-0.05, 0) is 24.3 Å². The minimum atomic E-state index is -0.830. The van der Waals surface area contributed by atoms with Crippen LogP contribution < -0.4 is 11.1 Å². The fraction of sp³-hybridized carbons (Fsp3) is 0. The Labute approximate surface area is 149 Å². The Kier molecular flexibility index (Phi) is 3.85. The summed E-state index contributed by atoms with van der Waals surface area (Å²) < 4.78 is 29.9. The zero-order valence-electron chi connectivity index (χ0n) is 13.1. The molecule has 0 fully saturated rings. The molecule has 1 amide bonds. The number of thiazole rings is 1. The molecule has 4 rings (SSSR count). The van der Waals surface area contributed by atoms with Gasteiger partial charge in [0.1, 0.15) is 5.69 Å². The third kappa shape index (κ3) is 2.78. The molecule has 0 aliphatic carbocycles. The summed E-state index contributed by atoms with van der Waals surface area (Å²) >= 11 is 1.36. The van der Waals surface area contributed by atoms with E-state index >= 15 is 0 Å². The van der Waals surface area contributed by atoms with E-state index in [4.69, 9.17) is 5.73 Å². The fourth-order valence-corrected chi connectivity index (χ4v) is 3.39. The average Bonchev–Trinajstić information content (AvgIpc) is 3.18. The van der Waals surface area contributed by atoms with E-state index in [-0.39, 0.29) is 11.4 Å². The number of aromatic nitrogens is 3. The van der Waals surface area contributed by atoms with Crippen LogP contribution in [0, 0.1) is 11.6 Å². The van der Waals surface area contributed by atoms with Gasteiger partial charge in [0.15, 0.2) is 22.5 Å². The molecule has 0 unspecified atom stereocenters. The first-order valence-electron chi connectivity index (χ1n) is 7.49. The number of carbonyl (C=O) groups is 1. The van der Waals surface area contributed by atoms with Crippen LogP contribution in [-0.2, 0) is 0 Å². The van der Waals surface area contributed by atoms with E-state index in [0.717, 1.165) is 27.0 Å². The predicted octanol–water partition coefficient (Wildman–Crippen LogP) is 3.60. The number of halogens is 2. The molecule has 0 spiro atoms. The smallest absolute Gasteiger partial charge is 0.271 e. The van der Waals surface area contributed by atoms with Gasteiger partial charge in [0.05, 0.1) is 22.1 Å². The third-order valence-corrected chi connectivity index (χ3v) is 4.60. The molecule has 0 bridgehead atoms. The molecular formula is C17H11F2N5OS. The summed E-state index contributed by atoms with van der Waals surface area (Å²) in [7, 11) is 0. The number of hydrogen-bond donors (Lipinski definition) is 2. The van der Waals surface area contributed by atoms with E-state index in [0.29, 0.717) is 5.13 Å². The molecule has 0 aliphatic heterocycles. The minimum absolute atomic E-state index is 0.146. The summed E-state index contributed by atoms with van der Waals surface area (Å²) in [6.07, 6.45) is 1.30. The molecule has 0 saturated carbocycles. The number of para-hydroxylation sites is 2. The van der Waals surface area contributed by atoms with Crippen molar-refractivity contribution in [3.63, 3.8) is 0 Å². The molecule has 0 saturated heterocycles. The molecule has 130 valence electrons. The van der Waals surface area contributed by atoms with Crippen molar-refractivity contribution < 1.29 is 13.6 Å². The quantitative estimate of drug-likeness (QED) is 0.574. The van der Waals surface area contributed by atoms with Crippen molar-refractivity contribution in [2.45, 2.75) is 0 Å². The van der Waals surface area contributed by atoms with Gasteiger partial charge in [0, 0.05) is 0 Å². The van der Waals surface area contributed by atoms with Crippen molar-refractivity contribution in [3.8, 4) is 5.69 Å². The predicted molar refractivity (Wildman–Crippen MR) is 94.9 cm³/mol. The van der Waals surface area contributed by atoms with Gasteiger partial charge in [-0.15, -0.1) is 0 Å². The number of anilines is 2. The highest BCUT2D eigenvalue weighted by Gasteiger charge is 2.20. The van der Waals surface area contributed by atoms with Gasteiger partial charge in [0.2, 0.25) is 0 Å². The Bertz CT molecular complexity index is 1080. The van der Waals surface area contributed by atoms with Crippen LogP contribution in [-0.4, -0.2) is 20.7 Å². The molecule has 4 aromatic rings. The van der Waals surface area contributed by atoms with Crippen molar-refractivity contribution >= 4 is 38.3 Å². The first-order chi connectivity index (χ1) is 12.5. The topological polar surface area (TPSA) is 85.8 Å². The highest BCUT2D eigenvalue weighted by Crippen LogP contribution is 2.30. The van der Waals surface area contributed by atoms with Gasteiger partial charge >= 0.3 is 0 Å². The average molecular weight is 371 g/mol. The molecule has 2 aromatic heterocycles. The van der Waals surface area contributed by atoms with E-state index in [1.54, 1.807) is 0 Å². The lowest BCUT2D eigenvalue weighted by Gasteiger charge is -2.03. The van der Waals surface area contributed by atoms with Crippen LogP contribution in [0.4, 0.5) is 19.6 Å². The summed E-state index contributed by atoms with van der Waals surface area (Å²) in [5.41, 5.74) is 5.80. The molecule has 9 heteroatoms. The van der Waals surface area contributed by atoms with E-state index in [2.05, 4.69) is 15.4 Å². The Morgan fingerprint density at radius 3 is 2.54 bits per heavy atom. The highest BCUT2D eigenvalue weighted by molar-refractivity contribution is 7.22. The summed E-state index contributed by atoms with van der Waals surface area (Å²) in [4.78, 5) is 16.1. The molecular weight excluding hydrogens is 360 g/mol. The van der Waals surface area contributed by atoms with Gasteiger partial charge in [-0.1, -0.05) is 29.5 Å². The maximum Gasteiger partial charge on any atom is 0.271 e. The van der Waals surface area contributed by atoms with Crippen molar-refractivity contribution in [1.29, 1.82) is 0 Å². The fourth-order valence-electron chi connectivity index (χ4n) is 2.51. The number of carbonyl (C=O) groups excluding carboxylic acids is 1. The van der Waals surface area contributed by atoms with E-state index < -0.39 is 23.2 Å². The van der Waals surface area contributed by atoms with Crippen molar-refractivity contribution in [1.82, 2.24) is 14.8 Å². The maximum absolute atomic E-state index is 14.0. The van der Waals surface area contributed by atoms with Crippen molar-refractivity contribution in [3.05, 3.63) is 66.0 Å². The number of benzene rings is 2. The first-order valence-corrected chi connectivity index (χ1v) is 8.31. The third-order valence-electron chi connectivity index (χ3n) is 3.65. The summed E-state index contributed by atoms with van der Waals surface area (Å²) in [6.45, 7) is 0. The second-order valence-corrected chi connectivity index (χ2v) is 6.41. The number of nitrogens with one attached hydrogen (secondary N) is 1. The van der Waals surface area contributed by atoms with Crippen molar-refractivity contribution in [2.24, 2.45) is 5.73 Å². The van der Waals surface area contributed by atoms with E-state index in [1.807, 2.05) is 24.3 Å². The normalized spacial score (nSPS) is 11.0. The lowest BCUT2D eigenvalue weighted by molar-refractivity contribution is 0.0996.